The molecule has 1 amide bonds. The van der Waals surface area contributed by atoms with Gasteiger partial charge in [-0.3, -0.25) is 9.59 Å². The van der Waals surface area contributed by atoms with Crippen molar-refractivity contribution in [2.45, 2.75) is 51.5 Å². The summed E-state index contributed by atoms with van der Waals surface area (Å²) in [5.74, 6) is -1.36. The minimum absolute atomic E-state index is 0.0358. The van der Waals surface area contributed by atoms with E-state index >= 15 is 0 Å². The number of hydrogen-bond donors (Lipinski definition) is 0. The third kappa shape index (κ3) is 2.55. The molecule has 1 aromatic rings. The minimum Gasteiger partial charge on any atom is -0.469 e. The van der Waals surface area contributed by atoms with Crippen molar-refractivity contribution in [1.82, 2.24) is 4.31 Å². The van der Waals surface area contributed by atoms with Crippen LogP contribution in [0, 0.1) is 16.7 Å². The fourth-order valence-corrected chi connectivity index (χ4v) is 8.61. The van der Waals surface area contributed by atoms with Crippen LogP contribution in [0.5, 0.6) is 0 Å². The number of fused-ring (bicyclic) bond motifs is 1. The maximum absolute atomic E-state index is 13.2. The third-order valence-corrected chi connectivity index (χ3v) is 9.66. The van der Waals surface area contributed by atoms with Crippen molar-refractivity contribution in [1.29, 1.82) is 0 Å². The molecule has 1 aromatic carbocycles. The van der Waals surface area contributed by atoms with Gasteiger partial charge in [-0.25, -0.2) is 12.7 Å². The van der Waals surface area contributed by atoms with E-state index in [4.69, 9.17) is 4.74 Å². The Morgan fingerprint density at radius 1 is 1.25 bits per heavy atom. The van der Waals surface area contributed by atoms with Crippen LogP contribution in [0.4, 0.5) is 0 Å². The van der Waals surface area contributed by atoms with Crippen LogP contribution in [0.3, 0.4) is 0 Å². The molecule has 3 fully saturated rings. The standard InChI is InChI=1S/C21H27NO5S/c1-20(2)15-9-10-21(20)13-28(25,26)22(17(21)11-15)18(23)12-16(19(24)27-3)14-7-5-4-6-8-14/h4-8,15-17H,9-13H2,1-3H3/t15-,16-,17+,21-/m1/s1. The summed E-state index contributed by atoms with van der Waals surface area (Å²) in [6.45, 7) is 4.30. The number of carbonyl (C=O) groups is 2. The van der Waals surface area contributed by atoms with E-state index in [2.05, 4.69) is 13.8 Å². The quantitative estimate of drug-likeness (QED) is 0.720. The highest BCUT2D eigenvalue weighted by Crippen LogP contribution is 2.70. The first kappa shape index (κ1) is 19.4. The van der Waals surface area contributed by atoms with Crippen molar-refractivity contribution in [2.75, 3.05) is 12.9 Å². The Morgan fingerprint density at radius 2 is 1.93 bits per heavy atom. The molecule has 1 aliphatic heterocycles. The number of hydrogen-bond acceptors (Lipinski definition) is 5. The van der Waals surface area contributed by atoms with Crippen LogP contribution in [0.1, 0.15) is 51.0 Å². The molecular formula is C21H27NO5S. The van der Waals surface area contributed by atoms with E-state index < -0.39 is 27.8 Å². The van der Waals surface area contributed by atoms with Gasteiger partial charge in [0.15, 0.2) is 0 Å². The zero-order valence-electron chi connectivity index (χ0n) is 16.6. The molecule has 2 saturated carbocycles. The number of carbonyl (C=O) groups excluding carboxylic acids is 2. The third-order valence-electron chi connectivity index (χ3n) is 7.72. The Morgan fingerprint density at radius 3 is 2.54 bits per heavy atom. The Labute approximate surface area is 166 Å². The summed E-state index contributed by atoms with van der Waals surface area (Å²) in [5, 5.41) is 0. The van der Waals surface area contributed by atoms with Gasteiger partial charge in [0.05, 0.1) is 24.8 Å². The molecule has 152 valence electrons. The van der Waals surface area contributed by atoms with Gasteiger partial charge >= 0.3 is 5.97 Å². The lowest BCUT2D eigenvalue weighted by molar-refractivity contribution is -0.145. The maximum Gasteiger partial charge on any atom is 0.313 e. The molecule has 1 saturated heterocycles. The Bertz CT molecular complexity index is 910. The van der Waals surface area contributed by atoms with E-state index in [0.29, 0.717) is 11.5 Å². The van der Waals surface area contributed by atoms with Gasteiger partial charge in [-0.2, -0.15) is 0 Å². The minimum atomic E-state index is -3.69. The van der Waals surface area contributed by atoms with Crippen LogP contribution >= 0.6 is 0 Å². The largest absolute Gasteiger partial charge is 0.469 e. The predicted molar refractivity (Wildman–Crippen MR) is 104 cm³/mol. The topological polar surface area (TPSA) is 80.8 Å². The van der Waals surface area contributed by atoms with Gasteiger partial charge in [0.1, 0.15) is 0 Å². The molecule has 4 atom stereocenters. The van der Waals surface area contributed by atoms with E-state index in [0.717, 1.165) is 23.6 Å². The maximum atomic E-state index is 13.2. The number of sulfonamides is 1. The highest BCUT2D eigenvalue weighted by atomic mass is 32.2. The summed E-state index contributed by atoms with van der Waals surface area (Å²) in [6, 6.07) is 8.63. The molecule has 1 spiro atoms. The number of esters is 1. The molecule has 28 heavy (non-hydrogen) atoms. The second kappa shape index (κ2) is 6.31. The van der Waals surface area contributed by atoms with Crippen LogP contribution in [0.25, 0.3) is 0 Å². The Hall–Kier alpha value is -1.89. The molecule has 6 nitrogen and oxygen atoms in total. The molecular weight excluding hydrogens is 378 g/mol. The molecule has 2 aliphatic carbocycles. The summed E-state index contributed by atoms with van der Waals surface area (Å²) < 4.78 is 32.1. The zero-order chi connectivity index (χ0) is 20.3. The van der Waals surface area contributed by atoms with Crippen LogP contribution < -0.4 is 0 Å². The zero-order valence-corrected chi connectivity index (χ0v) is 17.4. The predicted octanol–water partition coefficient (Wildman–Crippen LogP) is 2.70. The first-order valence-electron chi connectivity index (χ1n) is 9.82. The summed E-state index contributed by atoms with van der Waals surface area (Å²) >= 11 is 0. The van der Waals surface area contributed by atoms with Crippen molar-refractivity contribution in [3.63, 3.8) is 0 Å². The summed E-state index contributed by atoms with van der Waals surface area (Å²) in [5.41, 5.74) is 0.197. The van der Waals surface area contributed by atoms with E-state index in [1.807, 2.05) is 6.07 Å². The van der Waals surface area contributed by atoms with Crippen LogP contribution in [0.15, 0.2) is 30.3 Å². The molecule has 1 heterocycles. The van der Waals surface area contributed by atoms with Gasteiger partial charge in [-0.1, -0.05) is 44.2 Å². The lowest BCUT2D eigenvalue weighted by atomic mass is 9.69. The monoisotopic (exact) mass is 405 g/mol. The van der Waals surface area contributed by atoms with E-state index in [9.17, 15) is 18.0 Å². The molecule has 0 radical (unpaired) electrons. The summed E-state index contributed by atoms with van der Waals surface area (Å²) in [6.07, 6.45) is 2.40. The van der Waals surface area contributed by atoms with Crippen molar-refractivity contribution in [2.24, 2.45) is 16.7 Å². The van der Waals surface area contributed by atoms with Gasteiger partial charge in [0, 0.05) is 11.8 Å². The van der Waals surface area contributed by atoms with Crippen LogP contribution in [0.2, 0.25) is 0 Å². The Kier molecular flexibility index (Phi) is 4.38. The molecule has 3 aliphatic rings. The van der Waals surface area contributed by atoms with Gasteiger partial charge in [0.2, 0.25) is 15.9 Å². The smallest absolute Gasteiger partial charge is 0.313 e. The second-order valence-corrected chi connectivity index (χ2v) is 10.8. The Balaban J connectivity index is 1.65. The highest BCUT2D eigenvalue weighted by molar-refractivity contribution is 7.90. The molecule has 0 unspecified atom stereocenters. The lowest BCUT2D eigenvalue weighted by Gasteiger charge is -2.37. The van der Waals surface area contributed by atoms with Crippen LogP contribution in [-0.2, 0) is 24.3 Å². The molecule has 0 N–H and O–H groups in total. The van der Waals surface area contributed by atoms with Crippen molar-refractivity contribution >= 4 is 21.9 Å². The van der Waals surface area contributed by atoms with Crippen molar-refractivity contribution < 1.29 is 22.7 Å². The number of nitrogens with zero attached hydrogens (tertiary/aromatic N) is 1. The molecule has 2 bridgehead atoms. The van der Waals surface area contributed by atoms with Crippen molar-refractivity contribution in [3.05, 3.63) is 35.9 Å². The SMILES string of the molecule is COC(=O)[C@H](CC(=O)N1[C@H]2C[C@H]3CC[C@]2(CS1(=O)=O)C3(C)C)c1ccccc1. The lowest BCUT2D eigenvalue weighted by Crippen LogP contribution is -2.44. The number of benzene rings is 1. The van der Waals surface area contributed by atoms with Crippen molar-refractivity contribution in [3.8, 4) is 0 Å². The second-order valence-electron chi connectivity index (χ2n) is 9.00. The molecule has 4 rings (SSSR count). The number of methoxy groups -OCH3 is 1. The van der Waals surface area contributed by atoms with E-state index in [1.165, 1.54) is 7.11 Å². The number of rotatable bonds is 4. The average molecular weight is 406 g/mol. The summed E-state index contributed by atoms with van der Waals surface area (Å²) in [7, 11) is -2.41. The first-order chi connectivity index (χ1) is 13.1. The molecule has 7 heteroatoms. The van der Waals surface area contributed by atoms with Crippen LogP contribution in [-0.4, -0.2) is 43.5 Å². The fraction of sp³-hybridized carbons (Fsp3) is 0.619. The summed E-state index contributed by atoms with van der Waals surface area (Å²) in [4.78, 5) is 25.6. The van der Waals surface area contributed by atoms with Gasteiger partial charge in [-0.15, -0.1) is 0 Å². The fourth-order valence-electron chi connectivity index (χ4n) is 6.05. The van der Waals surface area contributed by atoms with E-state index in [-0.39, 0.29) is 29.0 Å². The van der Waals surface area contributed by atoms with Gasteiger partial charge in [-0.05, 0) is 36.2 Å². The molecule has 0 aromatic heterocycles. The normalized spacial score (nSPS) is 32.8. The number of ether oxygens (including phenoxy) is 1. The average Bonchev–Trinajstić information content (AvgIpc) is 3.13. The van der Waals surface area contributed by atoms with E-state index in [1.54, 1.807) is 24.3 Å². The highest BCUT2D eigenvalue weighted by Gasteiger charge is 2.72. The van der Waals surface area contributed by atoms with Gasteiger partial charge in [0.25, 0.3) is 0 Å². The first-order valence-corrected chi connectivity index (χ1v) is 11.4. The van der Waals surface area contributed by atoms with Gasteiger partial charge < -0.3 is 4.74 Å². The number of amides is 1.